The van der Waals surface area contributed by atoms with Crippen LogP contribution in [-0.2, 0) is 11.2 Å². The van der Waals surface area contributed by atoms with Crippen molar-refractivity contribution in [2.45, 2.75) is 32.7 Å². The zero-order valence-corrected chi connectivity index (χ0v) is 15.8. The van der Waals surface area contributed by atoms with E-state index in [1.54, 1.807) is 0 Å². The van der Waals surface area contributed by atoms with Crippen molar-refractivity contribution in [3.63, 3.8) is 0 Å². The van der Waals surface area contributed by atoms with Crippen LogP contribution in [0.5, 0.6) is 0 Å². The standard InChI is InChI=1S/C23H24N2O2/c1-17(24-18(2)26)16-21-8-6-19(7-9-21)4-5-20-10-12-22(13-11-20)23(27)25-14-3-15-25/h6-13,17H,3,14-16H2,1-2H3,(H,24,26). The quantitative estimate of drug-likeness (QED) is 0.852. The van der Waals surface area contributed by atoms with E-state index in [0.29, 0.717) is 0 Å². The number of hydrogen-bond donors (Lipinski definition) is 1. The molecule has 1 aliphatic rings. The van der Waals surface area contributed by atoms with E-state index in [-0.39, 0.29) is 17.9 Å². The van der Waals surface area contributed by atoms with Crippen molar-refractivity contribution >= 4 is 11.8 Å². The molecule has 3 rings (SSSR count). The Morgan fingerprint density at radius 2 is 1.56 bits per heavy atom. The molecule has 2 aromatic rings. The number of benzene rings is 2. The molecule has 0 radical (unpaired) electrons. The molecular weight excluding hydrogens is 336 g/mol. The van der Waals surface area contributed by atoms with E-state index in [1.807, 2.05) is 60.4 Å². The molecule has 4 heteroatoms. The molecule has 0 saturated carbocycles. The molecule has 1 atom stereocenters. The average Bonchev–Trinajstić information content (AvgIpc) is 2.59. The van der Waals surface area contributed by atoms with Crippen molar-refractivity contribution in [2.24, 2.45) is 0 Å². The Kier molecular flexibility index (Phi) is 5.93. The van der Waals surface area contributed by atoms with Crippen molar-refractivity contribution in [3.05, 3.63) is 70.8 Å². The van der Waals surface area contributed by atoms with E-state index in [4.69, 9.17) is 0 Å². The summed E-state index contributed by atoms with van der Waals surface area (Å²) >= 11 is 0. The van der Waals surface area contributed by atoms with Crippen LogP contribution in [0.25, 0.3) is 0 Å². The number of amides is 2. The van der Waals surface area contributed by atoms with E-state index in [9.17, 15) is 9.59 Å². The first-order valence-electron chi connectivity index (χ1n) is 9.28. The monoisotopic (exact) mass is 360 g/mol. The second-order valence-corrected chi connectivity index (χ2v) is 6.98. The third-order valence-electron chi connectivity index (χ3n) is 4.57. The second-order valence-electron chi connectivity index (χ2n) is 6.98. The number of carbonyl (C=O) groups excluding carboxylic acids is 2. The lowest BCUT2D eigenvalue weighted by Crippen LogP contribution is -2.41. The summed E-state index contributed by atoms with van der Waals surface area (Å²) < 4.78 is 0. The number of nitrogens with one attached hydrogen (secondary N) is 1. The predicted molar refractivity (Wildman–Crippen MR) is 106 cm³/mol. The van der Waals surface area contributed by atoms with Gasteiger partial charge in [0.15, 0.2) is 0 Å². The van der Waals surface area contributed by atoms with Gasteiger partial charge in [-0.1, -0.05) is 24.0 Å². The molecule has 2 aromatic carbocycles. The zero-order valence-electron chi connectivity index (χ0n) is 15.8. The fraction of sp³-hybridized carbons (Fsp3) is 0.304. The zero-order chi connectivity index (χ0) is 19.2. The molecule has 0 aliphatic carbocycles. The molecule has 1 fully saturated rings. The number of likely N-dealkylation sites (tertiary alicyclic amines) is 1. The predicted octanol–water partition coefficient (Wildman–Crippen LogP) is 3.00. The molecule has 1 N–H and O–H groups in total. The third-order valence-corrected chi connectivity index (χ3v) is 4.57. The average molecular weight is 360 g/mol. The Labute approximate surface area is 160 Å². The highest BCUT2D eigenvalue weighted by Crippen LogP contribution is 2.13. The molecule has 0 spiro atoms. The third kappa shape index (κ3) is 5.21. The van der Waals surface area contributed by atoms with E-state index >= 15 is 0 Å². The van der Waals surface area contributed by atoms with Crippen LogP contribution in [-0.4, -0.2) is 35.8 Å². The fourth-order valence-corrected chi connectivity index (χ4v) is 3.02. The lowest BCUT2D eigenvalue weighted by molar-refractivity contribution is -0.119. The van der Waals surface area contributed by atoms with Crippen LogP contribution in [0, 0.1) is 11.8 Å². The maximum atomic E-state index is 12.2. The Morgan fingerprint density at radius 3 is 2.04 bits per heavy atom. The van der Waals surface area contributed by atoms with Gasteiger partial charge < -0.3 is 10.2 Å². The normalized spacial score (nSPS) is 13.8. The van der Waals surface area contributed by atoms with Gasteiger partial charge in [0, 0.05) is 42.7 Å². The minimum atomic E-state index is -0.0115. The van der Waals surface area contributed by atoms with E-state index in [0.717, 1.165) is 48.2 Å². The van der Waals surface area contributed by atoms with Gasteiger partial charge in [-0.3, -0.25) is 9.59 Å². The summed E-state index contributed by atoms with van der Waals surface area (Å²) in [6.45, 7) is 5.24. The highest BCUT2D eigenvalue weighted by Gasteiger charge is 2.21. The van der Waals surface area contributed by atoms with E-state index in [1.165, 1.54) is 6.92 Å². The summed E-state index contributed by atoms with van der Waals surface area (Å²) in [5, 5.41) is 2.89. The van der Waals surface area contributed by atoms with Gasteiger partial charge in [0.2, 0.25) is 5.91 Å². The molecule has 0 aromatic heterocycles. The van der Waals surface area contributed by atoms with Crippen LogP contribution in [0.2, 0.25) is 0 Å². The van der Waals surface area contributed by atoms with Crippen LogP contribution in [0.15, 0.2) is 48.5 Å². The first kappa shape index (κ1) is 18.7. The topological polar surface area (TPSA) is 49.4 Å². The highest BCUT2D eigenvalue weighted by molar-refractivity contribution is 5.94. The first-order valence-corrected chi connectivity index (χ1v) is 9.28. The number of rotatable bonds is 4. The molecular formula is C23H24N2O2. The Hall–Kier alpha value is -3.06. The van der Waals surface area contributed by atoms with Crippen LogP contribution in [0.1, 0.15) is 47.3 Å². The van der Waals surface area contributed by atoms with Crippen molar-refractivity contribution in [1.29, 1.82) is 0 Å². The van der Waals surface area contributed by atoms with Gasteiger partial charge in [-0.05, 0) is 61.7 Å². The maximum absolute atomic E-state index is 12.2. The number of carbonyl (C=O) groups is 2. The summed E-state index contributed by atoms with van der Waals surface area (Å²) in [6, 6.07) is 15.6. The van der Waals surface area contributed by atoms with Gasteiger partial charge in [-0.25, -0.2) is 0 Å². The van der Waals surface area contributed by atoms with Crippen LogP contribution >= 0.6 is 0 Å². The number of hydrogen-bond acceptors (Lipinski definition) is 2. The fourth-order valence-electron chi connectivity index (χ4n) is 3.02. The minimum Gasteiger partial charge on any atom is -0.354 e. The summed E-state index contributed by atoms with van der Waals surface area (Å²) in [5.41, 5.74) is 3.71. The van der Waals surface area contributed by atoms with Gasteiger partial charge in [0.05, 0.1) is 0 Å². The molecule has 0 bridgehead atoms. The summed E-state index contributed by atoms with van der Waals surface area (Å²) in [7, 11) is 0. The van der Waals surface area contributed by atoms with Crippen LogP contribution in [0.3, 0.4) is 0 Å². The second kappa shape index (κ2) is 8.55. The Bertz CT molecular complexity index is 869. The highest BCUT2D eigenvalue weighted by atomic mass is 16.2. The van der Waals surface area contributed by atoms with Crippen molar-refractivity contribution in [2.75, 3.05) is 13.1 Å². The maximum Gasteiger partial charge on any atom is 0.253 e. The molecule has 1 saturated heterocycles. The molecule has 4 nitrogen and oxygen atoms in total. The van der Waals surface area contributed by atoms with Crippen molar-refractivity contribution in [3.8, 4) is 11.8 Å². The van der Waals surface area contributed by atoms with E-state index < -0.39 is 0 Å². The Morgan fingerprint density at radius 1 is 1.00 bits per heavy atom. The SMILES string of the molecule is CC(=O)NC(C)Cc1ccc(C#Cc2ccc(C(=O)N3CCC3)cc2)cc1. The minimum absolute atomic E-state index is 0.0115. The van der Waals surface area contributed by atoms with Gasteiger partial charge in [0.25, 0.3) is 5.91 Å². The van der Waals surface area contributed by atoms with Crippen LogP contribution < -0.4 is 5.32 Å². The molecule has 1 heterocycles. The van der Waals surface area contributed by atoms with E-state index in [2.05, 4.69) is 17.2 Å². The Balaban J connectivity index is 1.60. The smallest absolute Gasteiger partial charge is 0.253 e. The number of nitrogens with zero attached hydrogens (tertiary/aromatic N) is 1. The molecule has 138 valence electrons. The van der Waals surface area contributed by atoms with Gasteiger partial charge in [-0.15, -0.1) is 0 Å². The van der Waals surface area contributed by atoms with Crippen molar-refractivity contribution in [1.82, 2.24) is 10.2 Å². The summed E-state index contributed by atoms with van der Waals surface area (Å²) in [4.78, 5) is 25.1. The van der Waals surface area contributed by atoms with Gasteiger partial charge in [-0.2, -0.15) is 0 Å². The molecule has 2 amide bonds. The van der Waals surface area contributed by atoms with Gasteiger partial charge >= 0.3 is 0 Å². The van der Waals surface area contributed by atoms with Crippen molar-refractivity contribution < 1.29 is 9.59 Å². The largest absolute Gasteiger partial charge is 0.354 e. The summed E-state index contributed by atoms with van der Waals surface area (Å²) in [5.74, 6) is 6.38. The molecule has 27 heavy (non-hydrogen) atoms. The first-order chi connectivity index (χ1) is 13.0. The molecule has 1 unspecified atom stereocenters. The summed E-state index contributed by atoms with van der Waals surface area (Å²) in [6.07, 6.45) is 1.89. The lowest BCUT2D eigenvalue weighted by Gasteiger charge is -2.30. The van der Waals surface area contributed by atoms with Crippen LogP contribution in [0.4, 0.5) is 0 Å². The van der Waals surface area contributed by atoms with Gasteiger partial charge in [0.1, 0.15) is 0 Å². The lowest BCUT2D eigenvalue weighted by atomic mass is 10.0. The molecule has 1 aliphatic heterocycles.